The van der Waals surface area contributed by atoms with Gasteiger partial charge in [-0.1, -0.05) is 23.7 Å². The topological polar surface area (TPSA) is 100 Å². The number of hydrogen-bond donors (Lipinski definition) is 1. The van der Waals surface area contributed by atoms with Crippen molar-refractivity contribution in [1.29, 1.82) is 0 Å². The van der Waals surface area contributed by atoms with Gasteiger partial charge in [0.05, 0.1) is 33.5 Å². The molecular weight excluding hydrogens is 514 g/mol. The SMILES string of the molecule is COc1c(Cl)c2c(c(OC)c1OC)-c1ccc(OC)c(=O)cc1[C@@H](NS(=O)(=O)c1cccs1)CC2. The van der Waals surface area contributed by atoms with Gasteiger partial charge in [0.15, 0.2) is 17.2 Å². The number of sulfonamides is 1. The molecular formula is C24H24ClNO7S2. The van der Waals surface area contributed by atoms with Crippen LogP contribution in [0.25, 0.3) is 11.1 Å². The maximum Gasteiger partial charge on any atom is 0.250 e. The molecule has 0 saturated carbocycles. The van der Waals surface area contributed by atoms with Crippen LogP contribution in [0.1, 0.15) is 23.6 Å². The molecule has 35 heavy (non-hydrogen) atoms. The lowest BCUT2D eigenvalue weighted by Gasteiger charge is -2.21. The summed E-state index contributed by atoms with van der Waals surface area (Å²) in [6.45, 7) is 0. The Bertz CT molecular complexity index is 1420. The van der Waals surface area contributed by atoms with E-state index in [0.717, 1.165) is 11.3 Å². The molecule has 8 nitrogen and oxygen atoms in total. The third kappa shape index (κ3) is 4.47. The molecule has 11 heteroatoms. The molecule has 1 aliphatic carbocycles. The van der Waals surface area contributed by atoms with E-state index in [0.29, 0.717) is 57.4 Å². The maximum atomic E-state index is 13.1. The first-order valence-electron chi connectivity index (χ1n) is 10.6. The van der Waals surface area contributed by atoms with Crippen LogP contribution in [0.4, 0.5) is 0 Å². The number of methoxy groups -OCH3 is 4. The smallest absolute Gasteiger partial charge is 0.250 e. The van der Waals surface area contributed by atoms with E-state index in [1.54, 1.807) is 23.6 Å². The van der Waals surface area contributed by atoms with Crippen molar-refractivity contribution in [3.63, 3.8) is 0 Å². The monoisotopic (exact) mass is 537 g/mol. The molecule has 0 fully saturated rings. The van der Waals surface area contributed by atoms with Crippen molar-refractivity contribution in [2.24, 2.45) is 0 Å². The summed E-state index contributed by atoms with van der Waals surface area (Å²) in [5.74, 6) is 1.09. The Labute approximate surface area is 212 Å². The normalized spacial score (nSPS) is 14.9. The average Bonchev–Trinajstić information content (AvgIpc) is 3.29. The average molecular weight is 538 g/mol. The highest BCUT2D eigenvalue weighted by atomic mass is 35.5. The van der Waals surface area contributed by atoms with Crippen molar-refractivity contribution < 1.29 is 27.4 Å². The quantitative estimate of drug-likeness (QED) is 0.476. The molecule has 1 aromatic heterocycles. The van der Waals surface area contributed by atoms with Gasteiger partial charge in [-0.05, 0) is 53.1 Å². The molecule has 1 heterocycles. The van der Waals surface area contributed by atoms with Crippen molar-refractivity contribution in [2.75, 3.05) is 28.4 Å². The molecule has 0 spiro atoms. The molecule has 1 atom stereocenters. The fourth-order valence-corrected chi connectivity index (χ4v) is 6.93. The summed E-state index contributed by atoms with van der Waals surface area (Å²) < 4.78 is 51.3. The molecule has 0 bridgehead atoms. The first-order chi connectivity index (χ1) is 16.8. The molecule has 4 rings (SSSR count). The van der Waals surface area contributed by atoms with E-state index in [1.165, 1.54) is 40.6 Å². The predicted molar refractivity (Wildman–Crippen MR) is 135 cm³/mol. The number of fused-ring (bicyclic) bond motifs is 3. The van der Waals surface area contributed by atoms with E-state index >= 15 is 0 Å². The molecule has 3 aromatic rings. The van der Waals surface area contributed by atoms with E-state index in [-0.39, 0.29) is 15.4 Å². The molecule has 0 radical (unpaired) electrons. The van der Waals surface area contributed by atoms with Crippen LogP contribution in [-0.4, -0.2) is 36.9 Å². The second kappa shape index (κ2) is 10.1. The Morgan fingerprint density at radius 1 is 1.00 bits per heavy atom. The second-order valence-corrected chi connectivity index (χ2v) is 11.0. The van der Waals surface area contributed by atoms with Crippen LogP contribution in [-0.2, 0) is 16.4 Å². The van der Waals surface area contributed by atoms with Gasteiger partial charge >= 0.3 is 0 Å². The number of ether oxygens (including phenoxy) is 4. The fraction of sp³-hybridized carbons (Fsp3) is 0.292. The molecule has 0 saturated heterocycles. The Morgan fingerprint density at radius 3 is 2.31 bits per heavy atom. The minimum Gasteiger partial charge on any atom is -0.493 e. The standard InChI is InChI=1S/C24H24ClNO7S2/c1-30-18-10-8-13-15(12-17(18)27)16(26-35(28,29)19-6-5-11-34-19)9-7-14-20(13)22(31-2)24(33-4)23(32-3)21(14)25/h5-6,8,10-12,16,26H,7,9H2,1-4H3/t16-/m0/s1. The zero-order valence-electron chi connectivity index (χ0n) is 19.5. The fourth-order valence-electron chi connectivity index (χ4n) is 4.32. The van der Waals surface area contributed by atoms with Crippen molar-refractivity contribution >= 4 is 33.0 Å². The van der Waals surface area contributed by atoms with Gasteiger partial charge in [0, 0.05) is 11.6 Å². The minimum absolute atomic E-state index is 0.116. The van der Waals surface area contributed by atoms with E-state index in [4.69, 9.17) is 30.5 Å². The number of benzene rings is 1. The predicted octanol–water partition coefficient (Wildman–Crippen LogP) is 4.43. The lowest BCUT2D eigenvalue weighted by Crippen LogP contribution is -2.28. The lowest BCUT2D eigenvalue weighted by molar-refractivity contribution is 0.325. The second-order valence-electron chi connectivity index (χ2n) is 7.69. The van der Waals surface area contributed by atoms with Gasteiger partial charge in [0.2, 0.25) is 11.2 Å². The highest BCUT2D eigenvalue weighted by Crippen LogP contribution is 2.54. The minimum atomic E-state index is -3.84. The van der Waals surface area contributed by atoms with Crippen LogP contribution in [0.5, 0.6) is 23.0 Å². The Balaban J connectivity index is 2.04. The van der Waals surface area contributed by atoms with Crippen molar-refractivity contribution in [3.05, 3.63) is 62.1 Å². The molecule has 0 unspecified atom stereocenters. The number of hydrogen-bond acceptors (Lipinski definition) is 8. The Morgan fingerprint density at radius 2 is 1.71 bits per heavy atom. The molecule has 1 aliphatic rings. The number of halogens is 1. The first kappa shape index (κ1) is 25.3. The number of nitrogens with one attached hydrogen (secondary N) is 1. The van der Waals surface area contributed by atoms with Gasteiger partial charge in [-0.25, -0.2) is 13.1 Å². The molecule has 1 N–H and O–H groups in total. The van der Waals surface area contributed by atoms with E-state index in [2.05, 4.69) is 4.72 Å². The van der Waals surface area contributed by atoms with Gasteiger partial charge < -0.3 is 18.9 Å². The summed E-state index contributed by atoms with van der Waals surface area (Å²) in [6.07, 6.45) is 0.709. The molecule has 2 aromatic carbocycles. The van der Waals surface area contributed by atoms with Crippen LogP contribution < -0.4 is 29.1 Å². The zero-order chi connectivity index (χ0) is 25.3. The van der Waals surface area contributed by atoms with Gasteiger partial charge in [-0.2, -0.15) is 0 Å². The van der Waals surface area contributed by atoms with Crippen LogP contribution in [0, 0.1) is 0 Å². The van der Waals surface area contributed by atoms with Gasteiger partial charge in [-0.15, -0.1) is 11.3 Å². The third-order valence-electron chi connectivity index (χ3n) is 5.86. The van der Waals surface area contributed by atoms with E-state index in [1.807, 2.05) is 0 Å². The summed E-state index contributed by atoms with van der Waals surface area (Å²) in [4.78, 5) is 12.9. The van der Waals surface area contributed by atoms with E-state index in [9.17, 15) is 13.2 Å². The molecule has 0 amide bonds. The van der Waals surface area contributed by atoms with Crippen molar-refractivity contribution in [3.8, 4) is 34.1 Å². The first-order valence-corrected chi connectivity index (χ1v) is 13.3. The molecule has 0 aliphatic heterocycles. The highest BCUT2D eigenvalue weighted by molar-refractivity contribution is 7.91. The number of thiophene rings is 1. The lowest BCUT2D eigenvalue weighted by atomic mass is 9.95. The summed E-state index contributed by atoms with van der Waals surface area (Å²) in [5, 5.41) is 2.02. The van der Waals surface area contributed by atoms with E-state index < -0.39 is 16.1 Å². The summed E-state index contributed by atoms with van der Waals surface area (Å²) in [6, 6.07) is 7.12. The summed E-state index contributed by atoms with van der Waals surface area (Å²) in [7, 11) is 2.01. The van der Waals surface area contributed by atoms with Crippen LogP contribution >= 0.6 is 22.9 Å². The Kier molecular flexibility index (Phi) is 7.27. The largest absolute Gasteiger partial charge is 0.493 e. The van der Waals surface area contributed by atoms with Crippen LogP contribution in [0.15, 0.2) is 44.7 Å². The molecule has 186 valence electrons. The van der Waals surface area contributed by atoms with Gasteiger partial charge in [0.25, 0.3) is 10.0 Å². The van der Waals surface area contributed by atoms with Crippen LogP contribution in [0.2, 0.25) is 5.02 Å². The van der Waals surface area contributed by atoms with Crippen molar-refractivity contribution in [2.45, 2.75) is 23.1 Å². The maximum absolute atomic E-state index is 13.1. The van der Waals surface area contributed by atoms with Gasteiger partial charge in [0.1, 0.15) is 4.21 Å². The summed E-state index contributed by atoms with van der Waals surface area (Å²) in [5.41, 5.74) is 1.94. The van der Waals surface area contributed by atoms with Crippen LogP contribution in [0.3, 0.4) is 0 Å². The number of rotatable bonds is 7. The van der Waals surface area contributed by atoms with Crippen molar-refractivity contribution in [1.82, 2.24) is 4.72 Å². The Hall–Kier alpha value is -2.79. The highest BCUT2D eigenvalue weighted by Gasteiger charge is 2.33. The third-order valence-corrected chi connectivity index (χ3v) is 9.13. The zero-order valence-corrected chi connectivity index (χ0v) is 21.9. The summed E-state index contributed by atoms with van der Waals surface area (Å²) >= 11 is 7.89. The van der Waals surface area contributed by atoms with Gasteiger partial charge in [-0.3, -0.25) is 4.79 Å².